The first kappa shape index (κ1) is 31.1. The molecule has 236 valence electrons. The van der Waals surface area contributed by atoms with Crippen molar-refractivity contribution in [2.24, 2.45) is 5.73 Å². The summed E-state index contributed by atoms with van der Waals surface area (Å²) in [5.41, 5.74) is 6.26. The van der Waals surface area contributed by atoms with Crippen molar-refractivity contribution in [1.29, 1.82) is 0 Å². The molecule has 0 bridgehead atoms. The van der Waals surface area contributed by atoms with Crippen molar-refractivity contribution in [3.8, 4) is 17.1 Å². The molecule has 1 fully saturated rings. The van der Waals surface area contributed by atoms with Crippen LogP contribution < -0.4 is 26.0 Å². The van der Waals surface area contributed by atoms with Crippen LogP contribution in [0.3, 0.4) is 0 Å². The van der Waals surface area contributed by atoms with Gasteiger partial charge < -0.3 is 35.3 Å². The number of nitrogens with zero attached hydrogens (tertiary/aromatic N) is 6. The van der Waals surface area contributed by atoms with E-state index in [1.54, 1.807) is 43.7 Å². The van der Waals surface area contributed by atoms with Crippen molar-refractivity contribution in [1.82, 2.24) is 35.1 Å². The van der Waals surface area contributed by atoms with E-state index in [0.29, 0.717) is 42.0 Å². The zero-order chi connectivity index (χ0) is 32.4. The number of carbonyl (C=O) groups is 3. The van der Waals surface area contributed by atoms with Crippen LogP contribution in [-0.2, 0) is 16.1 Å². The lowest BCUT2D eigenvalue weighted by atomic mass is 9.87. The lowest BCUT2D eigenvalue weighted by Gasteiger charge is -2.43. The number of likely N-dealkylation sites (N-methyl/N-ethyl adjacent to an activating group) is 1. The maximum absolute atomic E-state index is 14.1. The zero-order valence-electron chi connectivity index (χ0n) is 25.3. The second kappa shape index (κ2) is 12.3. The Kier molecular flexibility index (Phi) is 8.53. The number of aromatic nitrogens is 5. The van der Waals surface area contributed by atoms with Crippen LogP contribution in [0, 0.1) is 5.82 Å². The third-order valence-electron chi connectivity index (χ3n) is 7.23. The Balaban J connectivity index is 1.56. The summed E-state index contributed by atoms with van der Waals surface area (Å²) in [6, 6.07) is 7.93. The number of alkyl carbamates (subject to hydrolysis) is 1. The smallest absolute Gasteiger partial charge is 0.411 e. The highest BCUT2D eigenvalue weighted by atomic mass is 19.1. The van der Waals surface area contributed by atoms with Gasteiger partial charge >= 0.3 is 12.2 Å². The van der Waals surface area contributed by atoms with E-state index in [1.807, 2.05) is 11.0 Å². The van der Waals surface area contributed by atoms with Gasteiger partial charge in [-0.25, -0.2) is 23.9 Å². The normalized spacial score (nSPS) is 16.7. The molecule has 1 aromatic carbocycles. The van der Waals surface area contributed by atoms with Crippen molar-refractivity contribution < 1.29 is 28.2 Å². The van der Waals surface area contributed by atoms with Crippen molar-refractivity contribution in [3.63, 3.8) is 0 Å². The van der Waals surface area contributed by atoms with Crippen molar-refractivity contribution in [2.75, 3.05) is 25.0 Å². The number of imidazole rings is 1. The molecule has 4 N–H and O–H groups in total. The summed E-state index contributed by atoms with van der Waals surface area (Å²) in [4.78, 5) is 56.8. The minimum absolute atomic E-state index is 0.0822. The summed E-state index contributed by atoms with van der Waals surface area (Å²) in [6.45, 7) is 6.15. The number of hydrogen-bond acceptors (Lipinski definition) is 10. The largest absolute Gasteiger partial charge is 0.444 e. The third-order valence-corrected chi connectivity index (χ3v) is 7.23. The molecule has 0 aliphatic carbocycles. The second-order valence-corrected chi connectivity index (χ2v) is 11.7. The van der Waals surface area contributed by atoms with Gasteiger partial charge in [-0.15, -0.1) is 0 Å². The molecule has 14 nitrogen and oxygen atoms in total. The Labute approximate surface area is 258 Å². The van der Waals surface area contributed by atoms with E-state index in [4.69, 9.17) is 15.2 Å². The molecule has 1 unspecified atom stereocenters. The molecule has 4 aromatic rings. The molecule has 1 aliphatic heterocycles. The first-order valence-electron chi connectivity index (χ1n) is 14.2. The van der Waals surface area contributed by atoms with Gasteiger partial charge in [0, 0.05) is 19.2 Å². The predicted octanol–water partition coefficient (Wildman–Crippen LogP) is 3.14. The number of fused-ring (bicyclic) bond motifs is 1. The third kappa shape index (κ3) is 6.92. The number of ether oxygens (including phenoxy) is 2. The minimum atomic E-state index is -1.29. The van der Waals surface area contributed by atoms with Gasteiger partial charge in [0.25, 0.3) is 5.88 Å². The molecular weight excluding hydrogens is 585 g/mol. The summed E-state index contributed by atoms with van der Waals surface area (Å²) in [7, 11) is 1.52. The van der Waals surface area contributed by atoms with Crippen LogP contribution >= 0.6 is 0 Å². The summed E-state index contributed by atoms with van der Waals surface area (Å²) < 4.78 is 26.4. The number of nitrogens with one attached hydrogen (secondary N) is 2. The summed E-state index contributed by atoms with van der Waals surface area (Å²) >= 11 is 0. The van der Waals surface area contributed by atoms with Gasteiger partial charge in [-0.2, -0.15) is 4.98 Å². The number of nitrogens with two attached hydrogens (primary N) is 1. The molecule has 0 spiro atoms. The van der Waals surface area contributed by atoms with Crippen LogP contribution in [-0.4, -0.2) is 73.9 Å². The van der Waals surface area contributed by atoms with Crippen LogP contribution in [0.15, 0.2) is 49.2 Å². The number of carbonyl (C=O) groups excluding carboxylic acids is 3. The van der Waals surface area contributed by atoms with Crippen molar-refractivity contribution in [3.05, 3.63) is 60.6 Å². The van der Waals surface area contributed by atoms with E-state index >= 15 is 0 Å². The Morgan fingerprint density at radius 3 is 2.64 bits per heavy atom. The summed E-state index contributed by atoms with van der Waals surface area (Å²) in [6.07, 6.45) is 3.64. The van der Waals surface area contributed by atoms with Crippen LogP contribution in [0.5, 0.6) is 5.88 Å². The topological polar surface area (TPSA) is 179 Å². The predicted molar refractivity (Wildman–Crippen MR) is 162 cm³/mol. The van der Waals surface area contributed by atoms with Crippen LogP contribution in [0.2, 0.25) is 0 Å². The van der Waals surface area contributed by atoms with Gasteiger partial charge in [-0.1, -0.05) is 12.1 Å². The number of primary amides is 1. The quantitative estimate of drug-likeness (QED) is 0.278. The molecule has 1 atom stereocenters. The molecule has 1 saturated heterocycles. The molecule has 3 aromatic heterocycles. The Bertz CT molecular complexity index is 1760. The number of hydrogen-bond donors (Lipinski definition) is 3. The minimum Gasteiger partial charge on any atom is -0.444 e. The molecule has 5 rings (SSSR count). The monoisotopic (exact) mass is 619 g/mol. The van der Waals surface area contributed by atoms with Gasteiger partial charge in [-0.05, 0) is 57.4 Å². The average molecular weight is 620 g/mol. The fourth-order valence-corrected chi connectivity index (χ4v) is 5.38. The number of amides is 3. The average Bonchev–Trinajstić information content (AvgIpc) is 3.39. The highest BCUT2D eigenvalue weighted by molar-refractivity contribution is 5.91. The molecule has 15 heteroatoms. The number of anilines is 1. The van der Waals surface area contributed by atoms with E-state index in [0.717, 1.165) is 5.56 Å². The molecule has 45 heavy (non-hydrogen) atoms. The van der Waals surface area contributed by atoms with Gasteiger partial charge in [0.15, 0.2) is 11.2 Å². The van der Waals surface area contributed by atoms with Crippen molar-refractivity contribution >= 4 is 34.9 Å². The fourth-order valence-electron chi connectivity index (χ4n) is 5.38. The number of rotatable bonds is 7. The maximum atomic E-state index is 14.1. The molecule has 1 aliphatic rings. The summed E-state index contributed by atoms with van der Waals surface area (Å²) in [5.74, 6) is -0.844. The first-order chi connectivity index (χ1) is 21.4. The number of halogens is 1. The number of benzene rings is 1. The van der Waals surface area contributed by atoms with Crippen LogP contribution in [0.1, 0.15) is 39.2 Å². The SMILES string of the molecule is CNC(=O)C1(NC(=O)OC(C)(C)C)CCCN(c2cnc(-c3cccc(F)c3)cc2Cn2cnc3c(OC(N)=O)ncnc32)C1. The Morgan fingerprint density at radius 2 is 1.93 bits per heavy atom. The lowest BCUT2D eigenvalue weighted by Crippen LogP contribution is -2.66. The lowest BCUT2D eigenvalue weighted by molar-refractivity contribution is -0.127. The van der Waals surface area contributed by atoms with E-state index in [9.17, 15) is 18.8 Å². The van der Waals surface area contributed by atoms with E-state index < -0.39 is 29.1 Å². The highest BCUT2D eigenvalue weighted by Gasteiger charge is 2.44. The molecule has 0 saturated carbocycles. The second-order valence-electron chi connectivity index (χ2n) is 11.7. The maximum Gasteiger partial charge on any atom is 0.411 e. The Hall–Kier alpha value is -5.34. The number of piperidine rings is 1. The summed E-state index contributed by atoms with van der Waals surface area (Å²) in [5, 5.41) is 5.52. The first-order valence-corrected chi connectivity index (χ1v) is 14.2. The molecular formula is C30H34FN9O5. The van der Waals surface area contributed by atoms with Gasteiger partial charge in [0.05, 0.1) is 37.0 Å². The molecule has 4 heterocycles. The van der Waals surface area contributed by atoms with Crippen LogP contribution in [0.4, 0.5) is 19.7 Å². The van der Waals surface area contributed by atoms with E-state index in [-0.39, 0.29) is 30.4 Å². The highest BCUT2D eigenvalue weighted by Crippen LogP contribution is 2.33. The van der Waals surface area contributed by atoms with Gasteiger partial charge in [0.2, 0.25) is 5.91 Å². The standard InChI is InChI=1S/C30H34FN9O5/c1-29(2,3)45-28(43)38-30(26(41)33-4)9-6-10-39(15-30)22-13-34-21(18-7-5-8-20(31)11-18)12-19(22)14-40-17-37-23-24(40)35-16-36-25(23)44-27(32)42/h5,7-8,11-13,16-17H,6,9-10,14-15H2,1-4H3,(H2,32,42)(H,33,41)(H,38,43). The van der Waals surface area contributed by atoms with E-state index in [2.05, 4.69) is 30.6 Å². The number of pyridine rings is 1. The van der Waals surface area contributed by atoms with Crippen molar-refractivity contribution in [2.45, 2.75) is 51.3 Å². The molecule has 0 radical (unpaired) electrons. The van der Waals surface area contributed by atoms with Crippen LogP contribution in [0.25, 0.3) is 22.4 Å². The zero-order valence-corrected chi connectivity index (χ0v) is 25.3. The molecule has 3 amide bonds. The van der Waals surface area contributed by atoms with E-state index in [1.165, 1.54) is 31.8 Å². The van der Waals surface area contributed by atoms with Gasteiger partial charge in [-0.3, -0.25) is 9.78 Å². The fraction of sp³-hybridized carbons (Fsp3) is 0.367. The Morgan fingerprint density at radius 1 is 1.13 bits per heavy atom. The van der Waals surface area contributed by atoms with Gasteiger partial charge in [0.1, 0.15) is 23.3 Å².